The minimum Gasteiger partial charge on any atom is -0.521 e. The van der Waals surface area contributed by atoms with Crippen LogP contribution >= 0.6 is 23.2 Å². The smallest absolute Gasteiger partial charge is 0.521 e. The Morgan fingerprint density at radius 1 is 1.12 bits per heavy atom. The number of ether oxygens (including phenoxy) is 3. The van der Waals surface area contributed by atoms with Crippen molar-refractivity contribution in [2.24, 2.45) is 0 Å². The van der Waals surface area contributed by atoms with Crippen molar-refractivity contribution in [2.75, 3.05) is 21.0 Å². The van der Waals surface area contributed by atoms with E-state index in [9.17, 15) is 0 Å². The van der Waals surface area contributed by atoms with Gasteiger partial charge in [0.15, 0.2) is 6.79 Å². The van der Waals surface area contributed by atoms with Gasteiger partial charge in [0, 0.05) is 18.6 Å². The second kappa shape index (κ2) is 7.32. The van der Waals surface area contributed by atoms with Gasteiger partial charge in [0.2, 0.25) is 0 Å². The molecular weight excluding hydrogens is 246 g/mol. The summed E-state index contributed by atoms with van der Waals surface area (Å²) in [5, 5.41) is 0.852. The molecule has 0 saturated heterocycles. The topological polar surface area (TPSA) is 27.7 Å². The fourth-order valence-electron chi connectivity index (χ4n) is 1.01. The van der Waals surface area contributed by atoms with Gasteiger partial charge in [-0.3, -0.25) is 0 Å². The first-order chi connectivity index (χ1) is 7.11. The van der Waals surface area contributed by atoms with Gasteiger partial charge in [0.25, 0.3) is 0 Å². The van der Waals surface area contributed by atoms with Crippen LogP contribution in [0.1, 0.15) is 5.56 Å². The molecule has 0 heterocycles. The van der Waals surface area contributed by atoms with E-state index < -0.39 is 0 Å². The fraction of sp³-hybridized carbons (Fsp3) is 0.400. The normalized spacial score (nSPS) is 9.56. The van der Waals surface area contributed by atoms with Crippen LogP contribution in [0.2, 0.25) is 10.0 Å². The Bertz CT molecular complexity index is 358. The van der Waals surface area contributed by atoms with E-state index in [0.717, 1.165) is 0 Å². The van der Waals surface area contributed by atoms with E-state index >= 15 is 0 Å². The number of methoxy groups -OCH3 is 2. The van der Waals surface area contributed by atoms with Crippen molar-refractivity contribution in [3.63, 3.8) is 0 Å². The molecule has 0 aliphatic carbocycles. The van der Waals surface area contributed by atoms with Gasteiger partial charge >= 0.3 is 18.9 Å². The average molecular weight is 257 g/mol. The van der Waals surface area contributed by atoms with Gasteiger partial charge in [-0.15, -0.1) is 5.56 Å². The second-order valence-electron chi connectivity index (χ2n) is 2.79. The number of hydrogen-bond donors (Lipinski definition) is 0. The number of hydrogen-bond acceptors (Lipinski definition) is 3. The van der Waals surface area contributed by atoms with Crippen molar-refractivity contribution in [1.29, 1.82) is 0 Å². The largest absolute Gasteiger partial charge is 1.00 e. The molecule has 1 aromatic carbocycles. The molecule has 0 amide bonds. The molecule has 3 nitrogen and oxygen atoms in total. The van der Waals surface area contributed by atoms with Crippen LogP contribution in [0.25, 0.3) is 0 Å². The molecule has 0 aliphatic rings. The van der Waals surface area contributed by atoms with Crippen LogP contribution in [-0.2, 0) is 4.74 Å². The van der Waals surface area contributed by atoms with Gasteiger partial charge in [-0.2, -0.15) is 23.2 Å². The summed E-state index contributed by atoms with van der Waals surface area (Å²) in [6, 6.07) is 2.82. The van der Waals surface area contributed by atoms with E-state index in [-0.39, 0.29) is 25.7 Å². The van der Waals surface area contributed by atoms with Gasteiger partial charge in [-0.05, 0) is 10.0 Å². The number of halogens is 2. The van der Waals surface area contributed by atoms with Gasteiger partial charge in [0.1, 0.15) is 0 Å². The molecule has 0 aromatic heterocycles. The zero-order valence-corrected chi connectivity index (χ0v) is 11.2. The van der Waals surface area contributed by atoms with Gasteiger partial charge in [-0.25, -0.2) is 0 Å². The van der Waals surface area contributed by atoms with E-state index in [1.807, 2.05) is 0 Å². The average Bonchev–Trinajstić information content (AvgIpc) is 2.25. The Kier molecular flexibility index (Phi) is 7.30. The maximum atomic E-state index is 6.01. The van der Waals surface area contributed by atoms with Crippen molar-refractivity contribution in [3.05, 3.63) is 21.7 Å². The molecule has 1 aromatic rings. The van der Waals surface area contributed by atoms with Crippen LogP contribution in [-0.4, -0.2) is 21.0 Å². The second-order valence-corrected chi connectivity index (χ2v) is 3.55. The Hall–Kier alpha value is -0.0426. The number of rotatable bonds is 4. The van der Waals surface area contributed by atoms with Crippen LogP contribution in [0.5, 0.6) is 11.5 Å². The molecular formula is C10H11Cl2LiO3. The third-order valence-corrected chi connectivity index (χ3v) is 2.72. The Morgan fingerprint density at radius 2 is 1.69 bits per heavy atom. The minimum atomic E-state index is 0. The Balaban J connectivity index is 0.00000225. The van der Waals surface area contributed by atoms with Crippen molar-refractivity contribution in [2.45, 2.75) is 6.92 Å². The zero-order chi connectivity index (χ0) is 11.4. The van der Waals surface area contributed by atoms with E-state index in [4.69, 9.17) is 37.4 Å². The van der Waals surface area contributed by atoms with E-state index in [1.165, 1.54) is 14.2 Å². The van der Waals surface area contributed by atoms with E-state index in [0.29, 0.717) is 27.1 Å². The van der Waals surface area contributed by atoms with E-state index in [2.05, 4.69) is 6.07 Å². The molecule has 0 saturated carbocycles. The molecule has 0 aliphatic heterocycles. The quantitative estimate of drug-likeness (QED) is 0.435. The summed E-state index contributed by atoms with van der Waals surface area (Å²) in [5.74, 6) is 0.780. The maximum absolute atomic E-state index is 6.01. The summed E-state index contributed by atoms with van der Waals surface area (Å²) >= 11 is 12.0. The molecule has 1 rings (SSSR count). The fourth-order valence-corrected chi connectivity index (χ4v) is 1.47. The summed E-state index contributed by atoms with van der Waals surface area (Å²) in [4.78, 5) is 0. The van der Waals surface area contributed by atoms with E-state index in [1.54, 1.807) is 6.92 Å². The van der Waals surface area contributed by atoms with Crippen LogP contribution in [0.3, 0.4) is 0 Å². The Labute approximate surface area is 117 Å². The predicted molar refractivity (Wildman–Crippen MR) is 59.1 cm³/mol. The van der Waals surface area contributed by atoms with Gasteiger partial charge in [0.05, 0.1) is 7.11 Å². The molecule has 0 atom stereocenters. The molecule has 0 N–H and O–H groups in total. The van der Waals surface area contributed by atoms with Crippen molar-refractivity contribution < 1.29 is 33.1 Å². The molecule has 0 bridgehead atoms. The molecule has 0 radical (unpaired) electrons. The van der Waals surface area contributed by atoms with Crippen LogP contribution in [0.4, 0.5) is 0 Å². The maximum Gasteiger partial charge on any atom is 1.00 e. The molecule has 84 valence electrons. The molecule has 0 unspecified atom stereocenters. The van der Waals surface area contributed by atoms with Crippen LogP contribution in [0.15, 0.2) is 0 Å². The molecule has 0 spiro atoms. The summed E-state index contributed by atoms with van der Waals surface area (Å²) in [6.45, 7) is 1.88. The third-order valence-electron chi connectivity index (χ3n) is 1.81. The summed E-state index contributed by atoms with van der Waals surface area (Å²) in [5.41, 5.74) is 0.694. The zero-order valence-electron chi connectivity index (χ0n) is 9.69. The summed E-state index contributed by atoms with van der Waals surface area (Å²) in [7, 11) is 3.03. The predicted octanol–water partition coefficient (Wildman–Crippen LogP) is 0.0973. The molecule has 0 fully saturated rings. The first-order valence-electron chi connectivity index (χ1n) is 4.18. The van der Waals surface area contributed by atoms with Crippen LogP contribution < -0.4 is 28.3 Å². The standard InChI is InChI=1S/C10H11Cl2O3.Li/c1-6-9(11)7(14-3)4-8(10(6)12)15-5-13-2;/h5H2,1-3H3;/q-1;+1. The Morgan fingerprint density at radius 3 is 2.19 bits per heavy atom. The van der Waals surface area contributed by atoms with Gasteiger partial charge in [-0.1, -0.05) is 13.0 Å². The van der Waals surface area contributed by atoms with Crippen LogP contribution in [0, 0.1) is 13.0 Å². The SMILES string of the molecule is COCOc1[c-]c(OC)c(Cl)c(C)c1Cl.[Li+]. The number of benzene rings is 1. The minimum absolute atomic E-state index is 0. The first kappa shape index (κ1) is 16.0. The van der Waals surface area contributed by atoms with Crippen molar-refractivity contribution in [1.82, 2.24) is 0 Å². The van der Waals surface area contributed by atoms with Crippen molar-refractivity contribution >= 4 is 23.2 Å². The molecule has 6 heteroatoms. The summed E-state index contributed by atoms with van der Waals surface area (Å²) < 4.78 is 15.0. The summed E-state index contributed by atoms with van der Waals surface area (Å²) in [6.07, 6.45) is 0. The first-order valence-corrected chi connectivity index (χ1v) is 4.94. The van der Waals surface area contributed by atoms with Crippen molar-refractivity contribution in [3.8, 4) is 11.5 Å². The third kappa shape index (κ3) is 3.48. The monoisotopic (exact) mass is 256 g/mol. The molecule has 16 heavy (non-hydrogen) atoms. The van der Waals surface area contributed by atoms with Gasteiger partial charge < -0.3 is 14.2 Å².